The van der Waals surface area contributed by atoms with Gasteiger partial charge in [-0.2, -0.15) is 0 Å². The van der Waals surface area contributed by atoms with Crippen LogP contribution in [0.1, 0.15) is 15.9 Å². The first-order valence-corrected chi connectivity index (χ1v) is 8.51. The van der Waals surface area contributed by atoms with E-state index >= 15 is 0 Å². The Kier molecular flexibility index (Phi) is 5.60. The molecule has 0 fully saturated rings. The normalized spacial score (nSPS) is 11.0. The third-order valence-electron chi connectivity index (χ3n) is 3.33. The molecule has 0 amide bonds. The van der Waals surface area contributed by atoms with E-state index in [0.29, 0.717) is 17.1 Å². The molecule has 2 N–H and O–H groups in total. The third kappa shape index (κ3) is 4.46. The Labute approximate surface area is 144 Å². The van der Waals surface area contributed by atoms with E-state index in [2.05, 4.69) is 0 Å². The fourth-order valence-corrected chi connectivity index (χ4v) is 2.59. The number of carbonyl (C=O) groups excluding carboxylic acids is 1. The quantitative estimate of drug-likeness (QED) is 0.779. The van der Waals surface area contributed by atoms with Crippen molar-refractivity contribution in [3.63, 3.8) is 0 Å². The van der Waals surface area contributed by atoms with Crippen LogP contribution in [0.2, 0.25) is 0 Å². The van der Waals surface area contributed by atoms with E-state index in [-0.39, 0.29) is 11.5 Å². The largest absolute Gasteiger partial charge is 0.497 e. The van der Waals surface area contributed by atoms with Crippen LogP contribution in [0.3, 0.4) is 0 Å². The second-order valence-corrected chi connectivity index (χ2v) is 6.50. The lowest BCUT2D eigenvalue weighted by molar-refractivity contribution is 0.0464. The van der Waals surface area contributed by atoms with E-state index in [9.17, 15) is 17.6 Å². The van der Waals surface area contributed by atoms with Crippen LogP contribution in [0.15, 0.2) is 41.3 Å². The predicted octanol–water partition coefficient (Wildman–Crippen LogP) is 1.85. The summed E-state index contributed by atoms with van der Waals surface area (Å²) in [6.07, 6.45) is 0. The van der Waals surface area contributed by atoms with Crippen LogP contribution >= 0.6 is 0 Å². The zero-order chi connectivity index (χ0) is 18.6. The Morgan fingerprint density at radius 2 is 1.84 bits per heavy atom. The van der Waals surface area contributed by atoms with Crippen molar-refractivity contribution in [2.75, 3.05) is 14.2 Å². The summed E-state index contributed by atoms with van der Waals surface area (Å²) in [5.74, 6) is -0.982. The van der Waals surface area contributed by atoms with Gasteiger partial charge in [-0.1, -0.05) is 0 Å². The number of ether oxygens (including phenoxy) is 3. The van der Waals surface area contributed by atoms with Crippen molar-refractivity contribution in [3.05, 3.63) is 53.3 Å². The topological polar surface area (TPSA) is 105 Å². The minimum Gasteiger partial charge on any atom is -0.497 e. The molecular formula is C16H16FNO6S. The SMILES string of the molecule is COc1ccc(OC)c(COC(=O)c2cc(S(N)(=O)=O)ccc2F)c1. The molecule has 0 aliphatic carbocycles. The average Bonchev–Trinajstić information content (AvgIpc) is 2.58. The molecule has 0 aromatic heterocycles. The molecular weight excluding hydrogens is 353 g/mol. The Hall–Kier alpha value is -2.65. The summed E-state index contributed by atoms with van der Waals surface area (Å²) in [6.45, 7) is -0.224. The molecule has 0 heterocycles. The first-order valence-electron chi connectivity index (χ1n) is 6.96. The summed E-state index contributed by atoms with van der Waals surface area (Å²) < 4.78 is 51.8. The van der Waals surface area contributed by atoms with Crippen LogP contribution in [-0.2, 0) is 21.4 Å². The van der Waals surface area contributed by atoms with Crippen LogP contribution in [0.4, 0.5) is 4.39 Å². The molecule has 0 saturated carbocycles. The minimum atomic E-state index is -4.07. The van der Waals surface area contributed by atoms with Crippen molar-refractivity contribution in [2.45, 2.75) is 11.5 Å². The van der Waals surface area contributed by atoms with Crippen molar-refractivity contribution in [1.82, 2.24) is 0 Å². The number of hydrogen-bond acceptors (Lipinski definition) is 6. The number of nitrogens with two attached hydrogens (primary N) is 1. The van der Waals surface area contributed by atoms with Gasteiger partial charge < -0.3 is 14.2 Å². The van der Waals surface area contributed by atoms with Gasteiger partial charge in [0.1, 0.15) is 23.9 Å². The van der Waals surface area contributed by atoms with E-state index in [1.807, 2.05) is 0 Å². The lowest BCUT2D eigenvalue weighted by atomic mass is 10.2. The van der Waals surface area contributed by atoms with Gasteiger partial charge in [-0.05, 0) is 36.4 Å². The standard InChI is InChI=1S/C16H16FNO6S/c1-22-11-3-6-15(23-2)10(7-11)9-24-16(19)13-8-12(25(18,20)21)4-5-14(13)17/h3-8H,9H2,1-2H3,(H2,18,20,21). The smallest absolute Gasteiger partial charge is 0.341 e. The summed E-state index contributed by atoms with van der Waals surface area (Å²) in [5, 5.41) is 4.98. The van der Waals surface area contributed by atoms with Gasteiger partial charge in [-0.25, -0.2) is 22.7 Å². The number of primary sulfonamides is 1. The molecule has 0 bridgehead atoms. The van der Waals surface area contributed by atoms with Gasteiger partial charge in [0.2, 0.25) is 10.0 Å². The number of hydrogen-bond donors (Lipinski definition) is 1. The van der Waals surface area contributed by atoms with E-state index in [4.69, 9.17) is 19.3 Å². The zero-order valence-corrected chi connectivity index (χ0v) is 14.3. The maximum absolute atomic E-state index is 13.8. The molecule has 0 unspecified atom stereocenters. The number of halogens is 1. The molecule has 0 radical (unpaired) electrons. The second kappa shape index (κ2) is 7.49. The number of rotatable bonds is 6. The average molecular weight is 369 g/mol. The molecule has 0 spiro atoms. The van der Waals surface area contributed by atoms with E-state index < -0.39 is 27.4 Å². The van der Waals surface area contributed by atoms with Gasteiger partial charge in [0.05, 0.1) is 24.7 Å². The summed E-state index contributed by atoms with van der Waals surface area (Å²) in [5.41, 5.74) is -0.0356. The number of benzene rings is 2. The van der Waals surface area contributed by atoms with Crippen molar-refractivity contribution < 1.29 is 31.8 Å². The highest BCUT2D eigenvalue weighted by atomic mass is 32.2. The lowest BCUT2D eigenvalue weighted by Gasteiger charge is -2.11. The molecule has 2 rings (SSSR count). The van der Waals surface area contributed by atoms with Crippen molar-refractivity contribution in [2.24, 2.45) is 5.14 Å². The molecule has 2 aromatic carbocycles. The molecule has 2 aromatic rings. The Morgan fingerprint density at radius 3 is 2.44 bits per heavy atom. The number of esters is 1. The fraction of sp³-hybridized carbons (Fsp3) is 0.188. The third-order valence-corrected chi connectivity index (χ3v) is 4.24. The monoisotopic (exact) mass is 369 g/mol. The van der Waals surface area contributed by atoms with Crippen molar-refractivity contribution in [1.29, 1.82) is 0 Å². The Balaban J connectivity index is 2.24. The van der Waals surface area contributed by atoms with Gasteiger partial charge in [0.25, 0.3) is 0 Å². The van der Waals surface area contributed by atoms with Gasteiger partial charge >= 0.3 is 5.97 Å². The molecule has 7 nitrogen and oxygen atoms in total. The molecule has 0 saturated heterocycles. The van der Waals surface area contributed by atoms with E-state index in [1.54, 1.807) is 18.2 Å². The van der Waals surface area contributed by atoms with E-state index in [0.717, 1.165) is 18.2 Å². The summed E-state index contributed by atoms with van der Waals surface area (Å²) >= 11 is 0. The summed E-state index contributed by atoms with van der Waals surface area (Å²) in [4.78, 5) is 11.7. The lowest BCUT2D eigenvalue weighted by Crippen LogP contribution is -2.15. The molecule has 25 heavy (non-hydrogen) atoms. The number of carbonyl (C=O) groups is 1. The zero-order valence-electron chi connectivity index (χ0n) is 13.5. The number of sulfonamides is 1. The maximum Gasteiger partial charge on any atom is 0.341 e. The molecule has 0 atom stereocenters. The summed E-state index contributed by atoms with van der Waals surface area (Å²) in [6, 6.07) is 7.53. The second-order valence-electron chi connectivity index (χ2n) is 4.94. The van der Waals surface area contributed by atoms with Gasteiger partial charge in [0, 0.05) is 5.56 Å². The predicted molar refractivity (Wildman–Crippen MR) is 86.4 cm³/mol. The first-order chi connectivity index (χ1) is 11.8. The summed E-state index contributed by atoms with van der Waals surface area (Å²) in [7, 11) is -1.15. The van der Waals surface area contributed by atoms with Crippen LogP contribution in [-0.4, -0.2) is 28.6 Å². The van der Waals surface area contributed by atoms with Crippen LogP contribution in [0, 0.1) is 5.82 Å². The van der Waals surface area contributed by atoms with Gasteiger partial charge in [-0.15, -0.1) is 0 Å². The molecule has 0 aliphatic heterocycles. The highest BCUT2D eigenvalue weighted by Crippen LogP contribution is 2.25. The van der Waals surface area contributed by atoms with Crippen LogP contribution < -0.4 is 14.6 Å². The van der Waals surface area contributed by atoms with Gasteiger partial charge in [-0.3, -0.25) is 0 Å². The van der Waals surface area contributed by atoms with Crippen LogP contribution in [0.5, 0.6) is 11.5 Å². The van der Waals surface area contributed by atoms with Crippen LogP contribution in [0.25, 0.3) is 0 Å². The Bertz CT molecular complexity index is 897. The number of methoxy groups -OCH3 is 2. The fourth-order valence-electron chi connectivity index (χ4n) is 2.05. The minimum absolute atomic E-state index is 0.224. The van der Waals surface area contributed by atoms with Crippen molar-refractivity contribution >= 4 is 16.0 Å². The van der Waals surface area contributed by atoms with Crippen molar-refractivity contribution in [3.8, 4) is 11.5 Å². The maximum atomic E-state index is 13.8. The molecule has 0 aliphatic rings. The Morgan fingerprint density at radius 1 is 1.12 bits per heavy atom. The highest BCUT2D eigenvalue weighted by Gasteiger charge is 2.18. The first kappa shape index (κ1) is 18.7. The van der Waals surface area contributed by atoms with Gasteiger partial charge in [0.15, 0.2) is 0 Å². The molecule has 9 heteroatoms. The molecule has 134 valence electrons. The highest BCUT2D eigenvalue weighted by molar-refractivity contribution is 7.89. The van der Waals surface area contributed by atoms with E-state index in [1.165, 1.54) is 14.2 Å².